The summed E-state index contributed by atoms with van der Waals surface area (Å²) in [4.78, 5) is 0. The van der Waals surface area contributed by atoms with Gasteiger partial charge in [0, 0.05) is 0 Å². The van der Waals surface area contributed by atoms with Gasteiger partial charge in [0.05, 0.1) is 26.4 Å². The SMILES string of the molecule is COc1cccc(OC)c1-c1ccccc1CO. The summed E-state index contributed by atoms with van der Waals surface area (Å²) < 4.78 is 10.8. The van der Waals surface area contributed by atoms with Gasteiger partial charge in [0.25, 0.3) is 0 Å². The normalized spacial score (nSPS) is 10.2. The van der Waals surface area contributed by atoms with Crippen LogP contribution in [0.15, 0.2) is 42.5 Å². The summed E-state index contributed by atoms with van der Waals surface area (Å²) in [5, 5.41) is 9.43. The Balaban J connectivity index is 2.68. The lowest BCUT2D eigenvalue weighted by Crippen LogP contribution is -1.96. The molecule has 0 amide bonds. The molecule has 0 saturated carbocycles. The molecule has 0 bridgehead atoms. The van der Waals surface area contributed by atoms with Gasteiger partial charge < -0.3 is 14.6 Å². The second-order valence-corrected chi connectivity index (χ2v) is 3.85. The predicted molar refractivity (Wildman–Crippen MR) is 70.9 cm³/mol. The molecule has 2 aromatic rings. The summed E-state index contributed by atoms with van der Waals surface area (Å²) in [6.45, 7) is -0.0165. The highest BCUT2D eigenvalue weighted by Crippen LogP contribution is 2.39. The average Bonchev–Trinajstić information content (AvgIpc) is 2.46. The van der Waals surface area contributed by atoms with Gasteiger partial charge in [0.1, 0.15) is 11.5 Å². The molecule has 0 saturated heterocycles. The monoisotopic (exact) mass is 244 g/mol. The number of ether oxygens (including phenoxy) is 2. The van der Waals surface area contributed by atoms with E-state index in [-0.39, 0.29) is 6.61 Å². The summed E-state index contributed by atoms with van der Waals surface area (Å²) in [6, 6.07) is 13.3. The number of aliphatic hydroxyl groups excluding tert-OH is 1. The number of hydrogen-bond acceptors (Lipinski definition) is 3. The number of rotatable bonds is 4. The van der Waals surface area contributed by atoms with Crippen molar-refractivity contribution in [3.8, 4) is 22.6 Å². The first kappa shape index (κ1) is 12.5. The van der Waals surface area contributed by atoms with E-state index in [1.807, 2.05) is 42.5 Å². The first-order chi connectivity index (χ1) is 8.81. The molecule has 3 nitrogen and oxygen atoms in total. The van der Waals surface area contributed by atoms with Gasteiger partial charge >= 0.3 is 0 Å². The van der Waals surface area contributed by atoms with Gasteiger partial charge in [-0.1, -0.05) is 30.3 Å². The van der Waals surface area contributed by atoms with Crippen LogP contribution in [0.2, 0.25) is 0 Å². The maximum Gasteiger partial charge on any atom is 0.130 e. The van der Waals surface area contributed by atoms with Crippen LogP contribution >= 0.6 is 0 Å². The molecule has 0 radical (unpaired) electrons. The van der Waals surface area contributed by atoms with Crippen molar-refractivity contribution in [1.29, 1.82) is 0 Å². The van der Waals surface area contributed by atoms with Crippen molar-refractivity contribution >= 4 is 0 Å². The second-order valence-electron chi connectivity index (χ2n) is 3.85. The Bertz CT molecular complexity index is 513. The first-order valence-electron chi connectivity index (χ1n) is 5.72. The van der Waals surface area contributed by atoms with Gasteiger partial charge in [-0.3, -0.25) is 0 Å². The van der Waals surface area contributed by atoms with E-state index < -0.39 is 0 Å². The molecule has 1 N–H and O–H groups in total. The third-order valence-corrected chi connectivity index (χ3v) is 2.88. The topological polar surface area (TPSA) is 38.7 Å². The molecule has 2 rings (SSSR count). The summed E-state index contributed by atoms with van der Waals surface area (Å²) in [7, 11) is 3.25. The van der Waals surface area contributed by atoms with Crippen molar-refractivity contribution in [3.05, 3.63) is 48.0 Å². The maximum absolute atomic E-state index is 9.43. The van der Waals surface area contributed by atoms with E-state index in [9.17, 15) is 5.11 Å². The van der Waals surface area contributed by atoms with E-state index in [2.05, 4.69) is 0 Å². The Hall–Kier alpha value is -2.00. The Morgan fingerprint density at radius 2 is 1.50 bits per heavy atom. The third kappa shape index (κ3) is 2.17. The molecule has 0 atom stereocenters. The quantitative estimate of drug-likeness (QED) is 0.898. The third-order valence-electron chi connectivity index (χ3n) is 2.88. The van der Waals surface area contributed by atoms with Crippen molar-refractivity contribution in [2.75, 3.05) is 14.2 Å². The lowest BCUT2D eigenvalue weighted by atomic mass is 9.98. The van der Waals surface area contributed by atoms with Crippen molar-refractivity contribution in [1.82, 2.24) is 0 Å². The van der Waals surface area contributed by atoms with Crippen LogP contribution in [0.25, 0.3) is 11.1 Å². The fourth-order valence-corrected chi connectivity index (χ4v) is 2.02. The molecule has 0 aliphatic rings. The van der Waals surface area contributed by atoms with Crippen LogP contribution in [0, 0.1) is 0 Å². The predicted octanol–water partition coefficient (Wildman–Crippen LogP) is 2.86. The molecule has 94 valence electrons. The number of benzene rings is 2. The highest BCUT2D eigenvalue weighted by molar-refractivity contribution is 5.79. The van der Waals surface area contributed by atoms with Crippen LogP contribution in [0.4, 0.5) is 0 Å². The molecule has 0 unspecified atom stereocenters. The largest absolute Gasteiger partial charge is 0.496 e. The molecule has 0 aromatic heterocycles. The van der Waals surface area contributed by atoms with Gasteiger partial charge in [-0.05, 0) is 23.3 Å². The molecule has 0 heterocycles. The van der Waals surface area contributed by atoms with Crippen LogP contribution in [0.1, 0.15) is 5.56 Å². The van der Waals surface area contributed by atoms with Gasteiger partial charge in [0.2, 0.25) is 0 Å². The van der Waals surface area contributed by atoms with Gasteiger partial charge in [0.15, 0.2) is 0 Å². The molecule has 0 aliphatic heterocycles. The van der Waals surface area contributed by atoms with Crippen LogP contribution < -0.4 is 9.47 Å². The Labute approximate surface area is 107 Å². The molecule has 0 spiro atoms. The molecule has 2 aromatic carbocycles. The van der Waals surface area contributed by atoms with E-state index in [0.717, 1.165) is 28.2 Å². The zero-order chi connectivity index (χ0) is 13.0. The van der Waals surface area contributed by atoms with Crippen LogP contribution in [0.5, 0.6) is 11.5 Å². The van der Waals surface area contributed by atoms with E-state index >= 15 is 0 Å². The highest BCUT2D eigenvalue weighted by Gasteiger charge is 2.14. The van der Waals surface area contributed by atoms with Crippen molar-refractivity contribution in [2.45, 2.75) is 6.61 Å². The van der Waals surface area contributed by atoms with E-state index in [0.29, 0.717) is 0 Å². The van der Waals surface area contributed by atoms with Crippen molar-refractivity contribution in [2.24, 2.45) is 0 Å². The standard InChI is InChI=1S/C15H16O3/c1-17-13-8-5-9-14(18-2)15(13)12-7-4-3-6-11(12)10-16/h3-9,16H,10H2,1-2H3. The van der Waals surface area contributed by atoms with E-state index in [1.165, 1.54) is 0 Å². The van der Waals surface area contributed by atoms with Crippen molar-refractivity contribution in [3.63, 3.8) is 0 Å². The molecular weight excluding hydrogens is 228 g/mol. The zero-order valence-corrected chi connectivity index (χ0v) is 10.5. The first-order valence-corrected chi connectivity index (χ1v) is 5.72. The molecule has 0 fully saturated rings. The minimum Gasteiger partial charge on any atom is -0.496 e. The van der Waals surface area contributed by atoms with Crippen LogP contribution in [0.3, 0.4) is 0 Å². The maximum atomic E-state index is 9.43. The summed E-state index contributed by atoms with van der Waals surface area (Å²) in [6.07, 6.45) is 0. The smallest absolute Gasteiger partial charge is 0.130 e. The lowest BCUT2D eigenvalue weighted by Gasteiger charge is -2.15. The molecule has 3 heteroatoms. The second kappa shape index (κ2) is 5.56. The number of aliphatic hydroxyl groups is 1. The fraction of sp³-hybridized carbons (Fsp3) is 0.200. The average molecular weight is 244 g/mol. The van der Waals surface area contributed by atoms with Crippen molar-refractivity contribution < 1.29 is 14.6 Å². The number of hydrogen-bond donors (Lipinski definition) is 1. The summed E-state index contributed by atoms with van der Waals surface area (Å²) in [5.74, 6) is 1.46. The number of methoxy groups -OCH3 is 2. The minimum absolute atomic E-state index is 0.0165. The molecular formula is C15H16O3. The Kier molecular flexibility index (Phi) is 3.85. The Morgan fingerprint density at radius 1 is 0.889 bits per heavy atom. The highest BCUT2D eigenvalue weighted by atomic mass is 16.5. The molecule has 0 aliphatic carbocycles. The minimum atomic E-state index is -0.0165. The summed E-state index contributed by atoms with van der Waals surface area (Å²) in [5.41, 5.74) is 2.64. The molecule has 18 heavy (non-hydrogen) atoms. The van der Waals surface area contributed by atoms with E-state index in [1.54, 1.807) is 14.2 Å². The van der Waals surface area contributed by atoms with Crippen LogP contribution in [-0.4, -0.2) is 19.3 Å². The van der Waals surface area contributed by atoms with Gasteiger partial charge in [-0.25, -0.2) is 0 Å². The zero-order valence-electron chi connectivity index (χ0n) is 10.5. The Morgan fingerprint density at radius 3 is 2.06 bits per heavy atom. The van der Waals surface area contributed by atoms with Gasteiger partial charge in [-0.2, -0.15) is 0 Å². The van der Waals surface area contributed by atoms with Crippen LogP contribution in [-0.2, 0) is 6.61 Å². The lowest BCUT2D eigenvalue weighted by molar-refractivity contribution is 0.282. The van der Waals surface area contributed by atoms with E-state index in [4.69, 9.17) is 9.47 Å². The van der Waals surface area contributed by atoms with Gasteiger partial charge in [-0.15, -0.1) is 0 Å². The fourth-order valence-electron chi connectivity index (χ4n) is 2.02. The summed E-state index contributed by atoms with van der Waals surface area (Å²) >= 11 is 0.